The van der Waals surface area contributed by atoms with Crippen LogP contribution in [-0.2, 0) is 14.8 Å². The summed E-state index contributed by atoms with van der Waals surface area (Å²) in [5.41, 5.74) is 6.03. The molecule has 0 aromatic heterocycles. The van der Waals surface area contributed by atoms with Crippen molar-refractivity contribution >= 4 is 36.5 Å². The van der Waals surface area contributed by atoms with E-state index in [2.05, 4.69) is 9.46 Å². The Hall–Kier alpha value is -2.49. The minimum atomic E-state index is -4.16. The number of hydrogen-bond acceptors (Lipinski definition) is 6. The number of benzene rings is 2. The number of nitrogens with two attached hydrogens (primary N) is 1. The highest BCUT2D eigenvalue weighted by Gasteiger charge is 2.25. The Morgan fingerprint density at radius 1 is 1.29 bits per heavy atom. The van der Waals surface area contributed by atoms with Crippen LogP contribution in [0.15, 0.2) is 47.4 Å². The highest BCUT2D eigenvalue weighted by atomic mass is 32.2. The second-order valence-corrected chi connectivity index (χ2v) is 8.87. The third-order valence-electron chi connectivity index (χ3n) is 3.96. The molecule has 170 valence electrons. The monoisotopic (exact) mass is 475 g/mol. The fourth-order valence-electron chi connectivity index (χ4n) is 2.62. The maximum absolute atomic E-state index is 13.0. The van der Waals surface area contributed by atoms with Gasteiger partial charge in [0.1, 0.15) is 16.4 Å². The van der Waals surface area contributed by atoms with Crippen molar-refractivity contribution in [1.82, 2.24) is 0 Å². The van der Waals surface area contributed by atoms with E-state index in [9.17, 15) is 22.0 Å². The quantitative estimate of drug-likeness (QED) is 0.540. The number of amides is 1. The van der Waals surface area contributed by atoms with Crippen LogP contribution in [0.2, 0.25) is 0 Å². The summed E-state index contributed by atoms with van der Waals surface area (Å²) in [7, 11) is -1.41. The number of carbonyl (C=O) groups excluding carboxylic acids is 1. The van der Waals surface area contributed by atoms with Crippen molar-refractivity contribution in [3.8, 4) is 11.5 Å². The van der Waals surface area contributed by atoms with E-state index in [1.54, 1.807) is 6.92 Å². The van der Waals surface area contributed by atoms with E-state index in [1.165, 1.54) is 64.5 Å². The smallest absolute Gasteiger partial charge is 0.408 e. The molecule has 0 radical (unpaired) electrons. The minimum absolute atomic E-state index is 0.0146. The van der Waals surface area contributed by atoms with Gasteiger partial charge in [-0.1, -0.05) is 6.07 Å². The maximum atomic E-state index is 13.0. The summed E-state index contributed by atoms with van der Waals surface area (Å²) in [6.45, 7) is 3.39. The molecule has 1 amide bonds. The summed E-state index contributed by atoms with van der Waals surface area (Å²) in [4.78, 5) is 13.2. The van der Waals surface area contributed by atoms with Crippen molar-refractivity contribution in [1.29, 1.82) is 0 Å². The zero-order chi connectivity index (χ0) is 23.4. The first kappa shape index (κ1) is 24.8. The van der Waals surface area contributed by atoms with Gasteiger partial charge in [0.25, 0.3) is 10.0 Å². The molecular weight excluding hydrogens is 451 g/mol. The van der Waals surface area contributed by atoms with E-state index in [1.807, 2.05) is 0 Å². The highest BCUT2D eigenvalue weighted by molar-refractivity contribution is 7.92. The van der Waals surface area contributed by atoms with Gasteiger partial charge in [0.15, 0.2) is 0 Å². The molecule has 12 heteroatoms. The largest absolute Gasteiger partial charge is 0.492 e. The third kappa shape index (κ3) is 6.75. The maximum Gasteiger partial charge on any atom is 0.408 e. The number of halogens is 2. The van der Waals surface area contributed by atoms with Crippen molar-refractivity contribution in [2.45, 2.75) is 30.6 Å². The van der Waals surface area contributed by atoms with E-state index < -0.39 is 21.9 Å². The predicted molar refractivity (Wildman–Crippen MR) is 117 cm³/mol. The molecule has 2 aromatic rings. The van der Waals surface area contributed by atoms with Crippen molar-refractivity contribution in [3.63, 3.8) is 0 Å². The van der Waals surface area contributed by atoms with Gasteiger partial charge in [-0.05, 0) is 47.4 Å². The lowest BCUT2D eigenvalue weighted by Gasteiger charge is -2.21. The van der Waals surface area contributed by atoms with Crippen LogP contribution < -0.4 is 24.8 Å². The molecule has 1 unspecified atom stereocenters. The predicted octanol–water partition coefficient (Wildman–Crippen LogP) is 3.00. The Balaban J connectivity index is 2.38. The van der Waals surface area contributed by atoms with E-state index >= 15 is 0 Å². The first-order valence-electron chi connectivity index (χ1n) is 9.12. The summed E-state index contributed by atoms with van der Waals surface area (Å²) in [5, 5.41) is 0. The first-order chi connectivity index (χ1) is 14.3. The fourth-order valence-corrected chi connectivity index (χ4v) is 3.93. The topological polar surface area (TPSA) is 111 Å². The Bertz CT molecular complexity index is 1050. The molecule has 31 heavy (non-hydrogen) atoms. The average molecular weight is 475 g/mol. The number of sulfonamides is 1. The Morgan fingerprint density at radius 2 is 1.97 bits per heavy atom. The van der Waals surface area contributed by atoms with Gasteiger partial charge in [-0.2, -0.15) is 8.78 Å². The van der Waals surface area contributed by atoms with Gasteiger partial charge in [0.2, 0.25) is 5.91 Å². The molecule has 0 aliphatic rings. The molecule has 0 fully saturated rings. The number of nitrogens with zero attached hydrogens (tertiary/aromatic N) is 1. The molecule has 0 saturated carbocycles. The molecule has 0 aliphatic heterocycles. The summed E-state index contributed by atoms with van der Waals surface area (Å²) in [6.07, 6.45) is 0. The summed E-state index contributed by atoms with van der Waals surface area (Å²) in [5.74, 6) is -4.07. The van der Waals surface area contributed by atoms with Crippen LogP contribution in [0.25, 0.3) is 0 Å². The van der Waals surface area contributed by atoms with E-state index in [0.717, 1.165) is 6.07 Å². The van der Waals surface area contributed by atoms with Crippen LogP contribution in [-0.4, -0.2) is 39.9 Å². The molecule has 0 heterocycles. The SMILES string of the molecule is CCOc1cc(N(C)C(=O)[C@H](C)N)ccc1S(=O)(=O)Nc1cccc(OC(F)(F)P)c1. The second-order valence-electron chi connectivity index (χ2n) is 6.55. The lowest BCUT2D eigenvalue weighted by Crippen LogP contribution is -2.39. The molecule has 3 N–H and O–H groups in total. The van der Waals surface area contributed by atoms with Crippen LogP contribution in [0, 0.1) is 0 Å². The number of anilines is 2. The molecule has 0 spiro atoms. The summed E-state index contributed by atoms with van der Waals surface area (Å²) >= 11 is 0. The van der Waals surface area contributed by atoms with E-state index in [0.29, 0.717) is 5.69 Å². The summed E-state index contributed by atoms with van der Waals surface area (Å²) in [6, 6.07) is 8.53. The standard InChI is InChI=1S/C19H24F2N3O5PS/c1-4-28-16-11-14(24(3)18(25)12(2)22)8-9-17(16)31(26,27)23-13-6-5-7-15(10-13)29-19(20,21)30/h5-12,23H,4,22,30H2,1-3H3/t12-/m0/s1. The Labute approximate surface area is 182 Å². The van der Waals surface area contributed by atoms with Gasteiger partial charge in [0.05, 0.1) is 18.3 Å². The fraction of sp³-hybridized carbons (Fsp3) is 0.316. The van der Waals surface area contributed by atoms with Gasteiger partial charge >= 0.3 is 5.85 Å². The third-order valence-corrected chi connectivity index (χ3v) is 5.50. The molecule has 0 aliphatic carbocycles. The Morgan fingerprint density at radius 3 is 2.55 bits per heavy atom. The number of ether oxygens (including phenoxy) is 2. The molecule has 2 atom stereocenters. The molecular formula is C19H24F2N3O5PS. The molecule has 0 saturated heterocycles. The molecule has 2 aromatic carbocycles. The molecule has 0 bridgehead atoms. The lowest BCUT2D eigenvalue weighted by atomic mass is 10.2. The average Bonchev–Trinajstić information content (AvgIpc) is 2.65. The summed E-state index contributed by atoms with van der Waals surface area (Å²) < 4.78 is 64.2. The van der Waals surface area contributed by atoms with Gasteiger partial charge in [0, 0.05) is 24.9 Å². The first-order valence-corrected chi connectivity index (χ1v) is 11.2. The van der Waals surface area contributed by atoms with Crippen molar-refractivity contribution in [2.75, 3.05) is 23.3 Å². The number of alkyl halides is 2. The van der Waals surface area contributed by atoms with E-state index in [4.69, 9.17) is 10.5 Å². The molecule has 8 nitrogen and oxygen atoms in total. The van der Waals surface area contributed by atoms with Crippen LogP contribution >= 0.6 is 9.24 Å². The van der Waals surface area contributed by atoms with Gasteiger partial charge in [-0.15, -0.1) is 0 Å². The van der Waals surface area contributed by atoms with Gasteiger partial charge < -0.3 is 20.1 Å². The number of likely N-dealkylation sites (N-methyl/N-ethyl adjacent to an activating group) is 1. The lowest BCUT2D eigenvalue weighted by molar-refractivity contribution is -0.119. The zero-order valence-electron chi connectivity index (χ0n) is 17.1. The number of hydrogen-bond donors (Lipinski definition) is 2. The highest BCUT2D eigenvalue weighted by Crippen LogP contribution is 2.32. The van der Waals surface area contributed by atoms with Gasteiger partial charge in [-0.25, -0.2) is 8.42 Å². The van der Waals surface area contributed by atoms with Gasteiger partial charge in [-0.3, -0.25) is 9.52 Å². The van der Waals surface area contributed by atoms with Crippen LogP contribution in [0.5, 0.6) is 11.5 Å². The molecule has 2 rings (SSSR count). The van der Waals surface area contributed by atoms with Crippen molar-refractivity contribution in [3.05, 3.63) is 42.5 Å². The normalized spacial score (nSPS) is 12.7. The second kappa shape index (κ2) is 9.76. The number of carbonyl (C=O) groups is 1. The zero-order valence-corrected chi connectivity index (χ0v) is 19.1. The van der Waals surface area contributed by atoms with Crippen molar-refractivity contribution < 1.29 is 31.5 Å². The van der Waals surface area contributed by atoms with Crippen LogP contribution in [0.4, 0.5) is 20.2 Å². The van der Waals surface area contributed by atoms with Crippen LogP contribution in [0.1, 0.15) is 13.8 Å². The van der Waals surface area contributed by atoms with Crippen LogP contribution in [0.3, 0.4) is 0 Å². The number of rotatable bonds is 9. The van der Waals surface area contributed by atoms with E-state index in [-0.39, 0.29) is 34.6 Å². The Kier molecular flexibility index (Phi) is 7.80. The number of nitrogens with one attached hydrogen (secondary N) is 1. The minimum Gasteiger partial charge on any atom is -0.492 e. The van der Waals surface area contributed by atoms with Crippen molar-refractivity contribution in [2.24, 2.45) is 5.73 Å².